The fraction of sp³-hybridized carbons (Fsp3) is 0.500. The van der Waals surface area contributed by atoms with E-state index in [1.165, 1.54) is 6.07 Å². The molecule has 3 rings (SSSR count). The van der Waals surface area contributed by atoms with Crippen molar-refractivity contribution in [3.8, 4) is 5.75 Å². The third-order valence-corrected chi connectivity index (χ3v) is 6.81. The molecule has 9 nitrogen and oxygen atoms in total. The van der Waals surface area contributed by atoms with Crippen LogP contribution in [0.2, 0.25) is 0 Å². The number of ether oxygens (including phenoxy) is 1. The van der Waals surface area contributed by atoms with E-state index in [1.54, 1.807) is 32.8 Å². The minimum atomic E-state index is -1.01. The SMILES string of the molecule is CC(C)[C@H]1NC(=O)[C@@H](Cc2ccc(F)c(F)c2)NCCOc2ccccc2CCCNC(=O)[C@H](CN(C)C)NC1=O. The second-order valence-electron chi connectivity index (χ2n) is 10.9. The lowest BCUT2D eigenvalue weighted by Gasteiger charge is -2.28. The Bertz CT molecular complexity index is 1190. The third kappa shape index (κ3) is 9.79. The minimum absolute atomic E-state index is 0.0533. The molecule has 2 aromatic carbocycles. The molecule has 4 N–H and O–H groups in total. The van der Waals surface area contributed by atoms with Gasteiger partial charge in [0.15, 0.2) is 11.6 Å². The van der Waals surface area contributed by atoms with Crippen molar-refractivity contribution in [3.05, 3.63) is 65.2 Å². The molecule has 11 heteroatoms. The number of amides is 3. The Balaban J connectivity index is 1.88. The van der Waals surface area contributed by atoms with E-state index in [9.17, 15) is 23.2 Å². The topological polar surface area (TPSA) is 112 Å². The minimum Gasteiger partial charge on any atom is -0.492 e. The van der Waals surface area contributed by atoms with Gasteiger partial charge in [0.2, 0.25) is 17.7 Å². The van der Waals surface area contributed by atoms with Gasteiger partial charge in [-0.15, -0.1) is 0 Å². The quantitative estimate of drug-likeness (QED) is 0.434. The smallest absolute Gasteiger partial charge is 0.243 e. The molecule has 0 saturated carbocycles. The standard InChI is InChI=1S/C30H41F2N5O4/c1-19(2)27-30(40)35-25(18-37(3)4)28(38)34-13-7-9-21-8-5-6-10-26(21)41-15-14-33-24(29(39)36-27)17-20-11-12-22(31)23(32)16-20/h5-6,8,10-12,16,19,24-25,27,33H,7,9,13-15,17-18H2,1-4H3,(H,34,38)(H,35,40)(H,36,39)/t24-,25+,27-/m1/s1. The van der Waals surface area contributed by atoms with Crippen molar-refractivity contribution in [3.63, 3.8) is 0 Å². The Morgan fingerprint density at radius 2 is 1.68 bits per heavy atom. The van der Waals surface area contributed by atoms with Gasteiger partial charge in [0.25, 0.3) is 0 Å². The number of benzene rings is 2. The summed E-state index contributed by atoms with van der Waals surface area (Å²) in [6.07, 6.45) is 1.40. The predicted molar refractivity (Wildman–Crippen MR) is 152 cm³/mol. The van der Waals surface area contributed by atoms with Crippen LogP contribution in [0, 0.1) is 17.6 Å². The number of carbonyl (C=O) groups excluding carboxylic acids is 3. The lowest BCUT2D eigenvalue weighted by molar-refractivity contribution is -0.133. The van der Waals surface area contributed by atoms with Crippen LogP contribution in [-0.4, -0.2) is 81.1 Å². The number of halogens is 2. The molecule has 1 heterocycles. The van der Waals surface area contributed by atoms with Crippen LogP contribution in [0.3, 0.4) is 0 Å². The fourth-order valence-corrected chi connectivity index (χ4v) is 4.63. The summed E-state index contributed by atoms with van der Waals surface area (Å²) in [5.41, 5.74) is 1.40. The molecule has 0 unspecified atom stereocenters. The number of carbonyl (C=O) groups is 3. The molecule has 3 atom stereocenters. The van der Waals surface area contributed by atoms with Crippen molar-refractivity contribution >= 4 is 17.7 Å². The maximum Gasteiger partial charge on any atom is 0.243 e. The van der Waals surface area contributed by atoms with Gasteiger partial charge in [0.1, 0.15) is 24.4 Å². The largest absolute Gasteiger partial charge is 0.492 e. The molecule has 0 aliphatic carbocycles. The predicted octanol–water partition coefficient (Wildman–Crippen LogP) is 1.79. The maximum absolute atomic E-state index is 13.9. The molecule has 0 saturated heterocycles. The second-order valence-corrected chi connectivity index (χ2v) is 10.9. The molecule has 0 bridgehead atoms. The Hall–Kier alpha value is -3.57. The van der Waals surface area contributed by atoms with Crippen molar-refractivity contribution in [2.45, 2.75) is 51.2 Å². The summed E-state index contributed by atoms with van der Waals surface area (Å²) >= 11 is 0. The highest BCUT2D eigenvalue weighted by Crippen LogP contribution is 2.19. The van der Waals surface area contributed by atoms with Crippen LogP contribution in [0.1, 0.15) is 31.4 Å². The molecule has 41 heavy (non-hydrogen) atoms. The lowest BCUT2D eigenvalue weighted by Crippen LogP contribution is -2.59. The summed E-state index contributed by atoms with van der Waals surface area (Å²) in [4.78, 5) is 41.7. The zero-order valence-electron chi connectivity index (χ0n) is 24.1. The van der Waals surface area contributed by atoms with Gasteiger partial charge in [-0.1, -0.05) is 38.1 Å². The van der Waals surface area contributed by atoms with Gasteiger partial charge >= 0.3 is 0 Å². The van der Waals surface area contributed by atoms with Crippen LogP contribution in [0.5, 0.6) is 5.75 Å². The van der Waals surface area contributed by atoms with Crippen LogP contribution >= 0.6 is 0 Å². The van der Waals surface area contributed by atoms with Gasteiger partial charge in [0, 0.05) is 19.6 Å². The Kier molecular flexibility index (Phi) is 12.0. The van der Waals surface area contributed by atoms with Crippen LogP contribution in [0.15, 0.2) is 42.5 Å². The van der Waals surface area contributed by atoms with Crippen molar-refractivity contribution < 1.29 is 27.9 Å². The van der Waals surface area contributed by atoms with E-state index in [-0.39, 0.29) is 37.9 Å². The summed E-state index contributed by atoms with van der Waals surface area (Å²) in [5.74, 6) is -2.86. The van der Waals surface area contributed by atoms with Crippen molar-refractivity contribution in [2.75, 3.05) is 40.3 Å². The number of aryl methyl sites for hydroxylation is 1. The van der Waals surface area contributed by atoms with Crippen molar-refractivity contribution in [1.82, 2.24) is 26.2 Å². The number of nitrogens with zero attached hydrogens (tertiary/aromatic N) is 1. The number of para-hydroxylation sites is 1. The molecule has 0 spiro atoms. The zero-order valence-corrected chi connectivity index (χ0v) is 24.1. The number of rotatable bonds is 5. The first-order chi connectivity index (χ1) is 19.5. The first-order valence-corrected chi connectivity index (χ1v) is 14.0. The average molecular weight is 574 g/mol. The number of fused-ring (bicyclic) bond motifs is 1. The summed E-state index contributed by atoms with van der Waals surface area (Å²) in [7, 11) is 3.61. The van der Waals surface area contributed by atoms with Crippen molar-refractivity contribution in [2.24, 2.45) is 5.92 Å². The summed E-state index contributed by atoms with van der Waals surface area (Å²) < 4.78 is 33.4. The van der Waals surface area contributed by atoms with E-state index in [2.05, 4.69) is 21.3 Å². The number of likely N-dealkylation sites (N-methyl/N-ethyl adjacent to an activating group) is 1. The molecular weight excluding hydrogens is 532 g/mol. The van der Waals surface area contributed by atoms with Gasteiger partial charge in [-0.3, -0.25) is 14.4 Å². The van der Waals surface area contributed by atoms with Gasteiger partial charge < -0.3 is 30.9 Å². The molecule has 3 amide bonds. The van der Waals surface area contributed by atoms with E-state index >= 15 is 0 Å². The molecule has 2 aromatic rings. The van der Waals surface area contributed by atoms with E-state index in [0.29, 0.717) is 30.7 Å². The average Bonchev–Trinajstić information content (AvgIpc) is 2.92. The number of nitrogens with one attached hydrogen (secondary N) is 4. The van der Waals surface area contributed by atoms with E-state index in [4.69, 9.17) is 4.74 Å². The van der Waals surface area contributed by atoms with Gasteiger partial charge in [0.05, 0.1) is 6.04 Å². The normalized spacial score (nSPS) is 21.7. The molecule has 0 fully saturated rings. The van der Waals surface area contributed by atoms with Crippen LogP contribution in [0.25, 0.3) is 0 Å². The van der Waals surface area contributed by atoms with E-state index < -0.39 is 41.6 Å². The maximum atomic E-state index is 13.9. The highest BCUT2D eigenvalue weighted by Gasteiger charge is 2.31. The van der Waals surface area contributed by atoms with Gasteiger partial charge in [-0.25, -0.2) is 8.78 Å². The van der Waals surface area contributed by atoms with Crippen molar-refractivity contribution in [1.29, 1.82) is 0 Å². The highest BCUT2D eigenvalue weighted by atomic mass is 19.2. The van der Waals surface area contributed by atoms with Crippen LogP contribution in [0.4, 0.5) is 8.78 Å². The Labute approximate surface area is 240 Å². The first-order valence-electron chi connectivity index (χ1n) is 14.0. The van der Waals surface area contributed by atoms with E-state index in [1.807, 2.05) is 24.3 Å². The highest BCUT2D eigenvalue weighted by molar-refractivity contribution is 5.93. The summed E-state index contributed by atoms with van der Waals surface area (Å²) in [6, 6.07) is 8.48. The second kappa shape index (κ2) is 15.4. The summed E-state index contributed by atoms with van der Waals surface area (Å²) in [6.45, 7) is 4.81. The molecule has 1 aliphatic heterocycles. The number of hydrogen-bond donors (Lipinski definition) is 4. The molecule has 224 valence electrons. The molecule has 0 radical (unpaired) electrons. The Morgan fingerprint density at radius 3 is 2.39 bits per heavy atom. The fourth-order valence-electron chi connectivity index (χ4n) is 4.63. The number of hydrogen-bond acceptors (Lipinski definition) is 6. The monoisotopic (exact) mass is 573 g/mol. The molecule has 1 aliphatic rings. The van der Waals surface area contributed by atoms with Crippen LogP contribution in [-0.2, 0) is 27.2 Å². The van der Waals surface area contributed by atoms with Crippen LogP contribution < -0.4 is 26.0 Å². The molecular formula is C30H41F2N5O4. The summed E-state index contributed by atoms with van der Waals surface area (Å²) in [5, 5.41) is 11.7. The third-order valence-electron chi connectivity index (χ3n) is 6.81. The zero-order chi connectivity index (χ0) is 29.9. The van der Waals surface area contributed by atoms with Gasteiger partial charge in [-0.2, -0.15) is 0 Å². The van der Waals surface area contributed by atoms with E-state index in [0.717, 1.165) is 17.7 Å². The molecule has 0 aromatic heterocycles. The Morgan fingerprint density at radius 1 is 0.927 bits per heavy atom. The van der Waals surface area contributed by atoms with Gasteiger partial charge in [-0.05, 0) is 68.6 Å². The first kappa shape index (κ1) is 32.0. The lowest BCUT2D eigenvalue weighted by atomic mass is 10.0.